The van der Waals surface area contributed by atoms with Gasteiger partial charge in [-0.15, -0.1) is 0 Å². The quantitative estimate of drug-likeness (QED) is 0.794. The smallest absolute Gasteiger partial charge is 0.129 e. The number of carbonyl (C=O) groups excluding carboxylic acids is 1. The number of ketones is 1. The van der Waals surface area contributed by atoms with Crippen LogP contribution in [-0.4, -0.2) is 40.5 Å². The maximum absolute atomic E-state index is 11.0. The van der Waals surface area contributed by atoms with E-state index in [9.17, 15) is 9.90 Å². The van der Waals surface area contributed by atoms with E-state index in [1.165, 1.54) is 12.0 Å². The third kappa shape index (κ3) is 3.67. The van der Waals surface area contributed by atoms with Crippen molar-refractivity contribution < 1.29 is 9.90 Å². The van der Waals surface area contributed by atoms with Crippen LogP contribution in [-0.2, 0) is 4.79 Å². The Labute approximate surface area is 116 Å². The first-order chi connectivity index (χ1) is 8.88. The molecule has 3 nitrogen and oxygen atoms in total. The summed E-state index contributed by atoms with van der Waals surface area (Å²) in [6.07, 6.45) is 6.98. The molecule has 0 aromatic carbocycles. The van der Waals surface area contributed by atoms with Crippen molar-refractivity contribution in [3.63, 3.8) is 0 Å². The first-order valence-corrected chi connectivity index (χ1v) is 7.54. The van der Waals surface area contributed by atoms with Crippen LogP contribution in [0.15, 0.2) is 11.6 Å². The van der Waals surface area contributed by atoms with Crippen molar-refractivity contribution in [2.75, 3.05) is 13.1 Å². The minimum Gasteiger partial charge on any atom is -0.388 e. The highest BCUT2D eigenvalue weighted by atomic mass is 16.3. The van der Waals surface area contributed by atoms with Crippen LogP contribution in [0.1, 0.15) is 52.9 Å². The van der Waals surface area contributed by atoms with Crippen LogP contribution in [0, 0.1) is 5.92 Å². The normalized spacial score (nSPS) is 35.4. The Morgan fingerprint density at radius 1 is 1.63 bits per heavy atom. The second-order valence-corrected chi connectivity index (χ2v) is 6.71. The SMILES string of the molecule is CC(=O)CC[C@@H](C)/C=C1\CN2CCCC2[C@@](C)(O)C1. The molecule has 0 radical (unpaired) electrons. The van der Waals surface area contributed by atoms with Gasteiger partial charge in [-0.2, -0.15) is 0 Å². The van der Waals surface area contributed by atoms with Crippen LogP contribution in [0.5, 0.6) is 0 Å². The third-order valence-corrected chi connectivity index (χ3v) is 4.54. The molecule has 19 heavy (non-hydrogen) atoms. The monoisotopic (exact) mass is 265 g/mol. The van der Waals surface area contributed by atoms with Crippen LogP contribution >= 0.6 is 0 Å². The Balaban J connectivity index is 1.99. The van der Waals surface area contributed by atoms with Crippen molar-refractivity contribution in [2.24, 2.45) is 5.92 Å². The average molecular weight is 265 g/mol. The standard InChI is InChI=1S/C16H27NO2/c1-12(6-7-13(2)18)9-14-10-16(3,19)15-5-4-8-17(15)11-14/h9,12,15,19H,4-8,10-11H2,1-3H3/b14-9-/t12-,15?,16+/m1/s1. The lowest BCUT2D eigenvalue weighted by atomic mass is 9.82. The van der Waals surface area contributed by atoms with Gasteiger partial charge in [0.25, 0.3) is 0 Å². The fourth-order valence-electron chi connectivity index (χ4n) is 3.64. The zero-order chi connectivity index (χ0) is 14.0. The van der Waals surface area contributed by atoms with Crippen LogP contribution in [0.2, 0.25) is 0 Å². The van der Waals surface area contributed by atoms with Gasteiger partial charge in [-0.05, 0) is 52.0 Å². The van der Waals surface area contributed by atoms with Crippen molar-refractivity contribution in [1.29, 1.82) is 0 Å². The largest absolute Gasteiger partial charge is 0.388 e. The van der Waals surface area contributed by atoms with Gasteiger partial charge >= 0.3 is 0 Å². The summed E-state index contributed by atoms with van der Waals surface area (Å²) < 4.78 is 0. The lowest BCUT2D eigenvalue weighted by Crippen LogP contribution is -2.52. The van der Waals surface area contributed by atoms with Crippen LogP contribution < -0.4 is 0 Å². The molecule has 2 fully saturated rings. The predicted octanol–water partition coefficient (Wildman–Crippen LogP) is 2.54. The van der Waals surface area contributed by atoms with E-state index in [4.69, 9.17) is 0 Å². The van der Waals surface area contributed by atoms with Gasteiger partial charge in [-0.25, -0.2) is 0 Å². The molecular weight excluding hydrogens is 238 g/mol. The summed E-state index contributed by atoms with van der Waals surface area (Å²) in [5, 5.41) is 10.6. The predicted molar refractivity (Wildman–Crippen MR) is 77.0 cm³/mol. The Morgan fingerprint density at radius 2 is 2.37 bits per heavy atom. The first kappa shape index (κ1) is 14.7. The number of hydrogen-bond acceptors (Lipinski definition) is 3. The van der Waals surface area contributed by atoms with Gasteiger partial charge in [0.1, 0.15) is 5.78 Å². The van der Waals surface area contributed by atoms with Crippen molar-refractivity contribution in [1.82, 2.24) is 4.90 Å². The molecule has 0 spiro atoms. The molecular formula is C16H27NO2. The van der Waals surface area contributed by atoms with Crippen molar-refractivity contribution in [2.45, 2.75) is 64.5 Å². The van der Waals surface area contributed by atoms with Gasteiger partial charge in [0.2, 0.25) is 0 Å². The summed E-state index contributed by atoms with van der Waals surface area (Å²) in [4.78, 5) is 13.4. The maximum atomic E-state index is 11.0. The number of piperidine rings is 1. The molecule has 2 aliphatic rings. The zero-order valence-corrected chi connectivity index (χ0v) is 12.5. The number of Topliss-reactive ketones (excluding diaryl/α,β-unsaturated/α-hetero) is 1. The summed E-state index contributed by atoms with van der Waals surface area (Å²) in [6.45, 7) is 7.91. The van der Waals surface area contributed by atoms with Gasteiger partial charge in [0, 0.05) is 19.0 Å². The third-order valence-electron chi connectivity index (χ3n) is 4.54. The summed E-state index contributed by atoms with van der Waals surface area (Å²) in [7, 11) is 0. The molecule has 3 atom stereocenters. The summed E-state index contributed by atoms with van der Waals surface area (Å²) in [6, 6.07) is 0.345. The van der Waals surface area contributed by atoms with E-state index < -0.39 is 5.60 Å². The minimum atomic E-state index is -0.582. The molecule has 2 heterocycles. The Kier molecular flexibility index (Phi) is 4.46. The van der Waals surface area contributed by atoms with Gasteiger partial charge in [0.05, 0.1) is 5.60 Å². The van der Waals surface area contributed by atoms with Crippen molar-refractivity contribution in [3.8, 4) is 0 Å². The minimum absolute atomic E-state index is 0.264. The van der Waals surface area contributed by atoms with Crippen molar-refractivity contribution >= 4 is 5.78 Å². The van der Waals surface area contributed by atoms with Crippen molar-refractivity contribution in [3.05, 3.63) is 11.6 Å². The van der Waals surface area contributed by atoms with E-state index in [1.54, 1.807) is 6.92 Å². The topological polar surface area (TPSA) is 40.5 Å². The summed E-state index contributed by atoms with van der Waals surface area (Å²) in [5.74, 6) is 0.689. The number of aliphatic hydroxyl groups is 1. The van der Waals surface area contributed by atoms with Gasteiger partial charge in [-0.1, -0.05) is 18.6 Å². The van der Waals surface area contributed by atoms with E-state index in [0.717, 1.165) is 32.4 Å². The van der Waals surface area contributed by atoms with Crippen LogP contribution in [0.4, 0.5) is 0 Å². The second kappa shape index (κ2) is 5.76. The molecule has 2 aliphatic heterocycles. The van der Waals surface area contributed by atoms with E-state index in [1.807, 2.05) is 6.92 Å². The Morgan fingerprint density at radius 3 is 3.05 bits per heavy atom. The molecule has 0 aromatic heterocycles. The molecule has 3 heteroatoms. The Bertz CT molecular complexity index is 373. The van der Waals surface area contributed by atoms with E-state index in [0.29, 0.717) is 18.4 Å². The first-order valence-electron chi connectivity index (χ1n) is 7.54. The zero-order valence-electron chi connectivity index (χ0n) is 12.5. The van der Waals surface area contributed by atoms with Gasteiger partial charge in [0.15, 0.2) is 0 Å². The number of hydrogen-bond donors (Lipinski definition) is 1. The maximum Gasteiger partial charge on any atom is 0.129 e. The molecule has 2 rings (SSSR count). The van der Waals surface area contributed by atoms with Gasteiger partial charge < -0.3 is 9.90 Å². The average Bonchev–Trinajstić information content (AvgIpc) is 2.74. The number of fused-ring (bicyclic) bond motifs is 1. The molecule has 108 valence electrons. The highest BCUT2D eigenvalue weighted by Gasteiger charge is 2.43. The Hall–Kier alpha value is -0.670. The lowest BCUT2D eigenvalue weighted by molar-refractivity contribution is -0.117. The van der Waals surface area contributed by atoms with Gasteiger partial charge in [-0.3, -0.25) is 4.90 Å². The van der Waals surface area contributed by atoms with Crippen LogP contribution in [0.25, 0.3) is 0 Å². The molecule has 2 saturated heterocycles. The lowest BCUT2D eigenvalue weighted by Gasteiger charge is -2.43. The highest BCUT2D eigenvalue weighted by molar-refractivity contribution is 5.75. The van der Waals surface area contributed by atoms with Crippen LogP contribution in [0.3, 0.4) is 0 Å². The van der Waals surface area contributed by atoms with E-state index >= 15 is 0 Å². The molecule has 0 aliphatic carbocycles. The number of allylic oxidation sites excluding steroid dienone is 1. The fraction of sp³-hybridized carbons (Fsp3) is 0.812. The van der Waals surface area contributed by atoms with E-state index in [2.05, 4.69) is 17.9 Å². The summed E-state index contributed by atoms with van der Waals surface area (Å²) >= 11 is 0. The molecule has 0 aromatic rings. The molecule has 0 saturated carbocycles. The molecule has 1 N–H and O–H groups in total. The highest BCUT2D eigenvalue weighted by Crippen LogP contribution is 2.37. The number of carbonyl (C=O) groups is 1. The summed E-state index contributed by atoms with van der Waals surface area (Å²) in [5.41, 5.74) is 0.764. The number of nitrogens with zero attached hydrogens (tertiary/aromatic N) is 1. The molecule has 0 bridgehead atoms. The molecule has 0 amide bonds. The van der Waals surface area contributed by atoms with E-state index in [-0.39, 0.29) is 5.78 Å². The number of rotatable bonds is 4. The fourth-order valence-corrected chi connectivity index (χ4v) is 3.64. The molecule has 1 unspecified atom stereocenters. The second-order valence-electron chi connectivity index (χ2n) is 6.71.